The highest BCUT2D eigenvalue weighted by Gasteiger charge is 2.14. The lowest BCUT2D eigenvalue weighted by molar-refractivity contribution is 0.601. The molecule has 0 unspecified atom stereocenters. The van der Waals surface area contributed by atoms with Crippen LogP contribution >= 0.6 is 0 Å². The zero-order valence-electron chi connectivity index (χ0n) is 11.9. The van der Waals surface area contributed by atoms with Crippen LogP contribution in [0.2, 0.25) is 0 Å². The fourth-order valence-corrected chi connectivity index (χ4v) is 2.62. The van der Waals surface area contributed by atoms with Gasteiger partial charge in [0.05, 0.1) is 10.6 Å². The van der Waals surface area contributed by atoms with E-state index >= 15 is 0 Å². The summed E-state index contributed by atoms with van der Waals surface area (Å²) in [4.78, 5) is 11.5. The summed E-state index contributed by atoms with van der Waals surface area (Å²) in [6, 6.07) is 10.6. The van der Waals surface area contributed by atoms with Crippen LogP contribution in [0, 0.1) is 0 Å². The van der Waals surface area contributed by atoms with Gasteiger partial charge in [0.15, 0.2) is 5.96 Å². The molecule has 0 radical (unpaired) electrons. The molecule has 0 spiro atoms. The van der Waals surface area contributed by atoms with E-state index < -0.39 is 10.0 Å². The average Bonchev–Trinajstić information content (AvgIpc) is 2.47. The van der Waals surface area contributed by atoms with Gasteiger partial charge in [-0.25, -0.2) is 18.4 Å². The lowest BCUT2D eigenvalue weighted by Crippen LogP contribution is -2.26. The molecule has 1 aromatic carbocycles. The van der Waals surface area contributed by atoms with Gasteiger partial charge in [-0.15, -0.1) is 0 Å². The smallest absolute Gasteiger partial charge is 0.263 e. The van der Waals surface area contributed by atoms with E-state index in [2.05, 4.69) is 19.7 Å². The number of pyridine rings is 1. The number of hydrogen-bond donors (Lipinski definition) is 4. The monoisotopic (exact) mass is 333 g/mol. The molecule has 0 aliphatic carbocycles. The van der Waals surface area contributed by atoms with Crippen LogP contribution in [-0.4, -0.2) is 25.3 Å². The summed E-state index contributed by atoms with van der Waals surface area (Å²) in [5.74, 6) is -0.121. The summed E-state index contributed by atoms with van der Waals surface area (Å²) in [6.45, 7) is 0. The summed E-state index contributed by atoms with van der Waals surface area (Å²) < 4.78 is 26.8. The SMILES string of the molecule is NC(N)=NC(N)=Nc1ccc(S(=O)(=O)Nc2ccccn2)cc1. The molecule has 7 N–H and O–H groups in total. The van der Waals surface area contributed by atoms with E-state index in [0.29, 0.717) is 5.69 Å². The molecule has 23 heavy (non-hydrogen) atoms. The molecule has 2 aromatic rings. The maximum absolute atomic E-state index is 12.2. The van der Waals surface area contributed by atoms with Crippen molar-refractivity contribution >= 4 is 33.4 Å². The molecule has 0 atom stereocenters. The van der Waals surface area contributed by atoms with Gasteiger partial charge in [0, 0.05) is 6.20 Å². The topological polar surface area (TPSA) is 162 Å². The zero-order valence-corrected chi connectivity index (χ0v) is 12.7. The minimum atomic E-state index is -3.74. The van der Waals surface area contributed by atoms with Crippen LogP contribution in [0.4, 0.5) is 11.5 Å². The maximum atomic E-state index is 12.2. The molecular weight excluding hydrogens is 318 g/mol. The first kappa shape index (κ1) is 16.2. The lowest BCUT2D eigenvalue weighted by atomic mass is 10.3. The third kappa shape index (κ3) is 4.68. The summed E-state index contributed by atoms with van der Waals surface area (Å²) in [7, 11) is -3.74. The number of rotatable bonds is 4. The quantitative estimate of drug-likeness (QED) is 0.458. The van der Waals surface area contributed by atoms with E-state index in [1.54, 1.807) is 18.2 Å². The highest BCUT2D eigenvalue weighted by molar-refractivity contribution is 7.92. The number of nitrogens with two attached hydrogens (primary N) is 3. The highest BCUT2D eigenvalue weighted by atomic mass is 32.2. The van der Waals surface area contributed by atoms with E-state index in [4.69, 9.17) is 17.2 Å². The lowest BCUT2D eigenvalue weighted by Gasteiger charge is -2.07. The Morgan fingerprint density at radius 2 is 1.74 bits per heavy atom. The number of aliphatic imine (C=N–C) groups is 2. The molecule has 9 nitrogen and oxygen atoms in total. The fraction of sp³-hybridized carbons (Fsp3) is 0. The van der Waals surface area contributed by atoms with Crippen molar-refractivity contribution in [3.8, 4) is 0 Å². The van der Waals surface area contributed by atoms with Crippen LogP contribution in [0.15, 0.2) is 63.5 Å². The number of nitrogens with zero attached hydrogens (tertiary/aromatic N) is 3. The summed E-state index contributed by atoms with van der Waals surface area (Å²) in [6.07, 6.45) is 1.49. The van der Waals surface area contributed by atoms with E-state index in [1.165, 1.54) is 30.5 Å². The second-order valence-corrected chi connectivity index (χ2v) is 6.00. The molecule has 0 fully saturated rings. The number of hydrogen-bond acceptors (Lipinski definition) is 4. The standard InChI is InChI=1S/C13H15N7O2S/c14-12(15)19-13(16)18-9-4-6-10(7-5-9)23(21,22)20-11-3-1-2-8-17-11/h1-8H,(H,17,20)(H6,14,15,16,18,19). The van der Waals surface area contributed by atoms with Crippen molar-refractivity contribution in [1.82, 2.24) is 4.98 Å². The molecule has 2 rings (SSSR count). The van der Waals surface area contributed by atoms with Crippen LogP contribution < -0.4 is 21.9 Å². The van der Waals surface area contributed by atoms with E-state index in [-0.39, 0.29) is 22.6 Å². The Labute approximate surface area is 133 Å². The fourth-order valence-electron chi connectivity index (χ4n) is 1.61. The maximum Gasteiger partial charge on any atom is 0.263 e. The van der Waals surface area contributed by atoms with Crippen molar-refractivity contribution < 1.29 is 8.42 Å². The summed E-state index contributed by atoms with van der Waals surface area (Å²) in [5, 5.41) is 0. The van der Waals surface area contributed by atoms with Gasteiger partial charge in [0.1, 0.15) is 5.82 Å². The Hall–Kier alpha value is -3.14. The average molecular weight is 333 g/mol. The van der Waals surface area contributed by atoms with Crippen molar-refractivity contribution in [2.24, 2.45) is 27.2 Å². The normalized spacial score (nSPS) is 11.7. The largest absolute Gasteiger partial charge is 0.370 e. The van der Waals surface area contributed by atoms with Crippen molar-refractivity contribution in [3.63, 3.8) is 0 Å². The molecular formula is C13H15N7O2S. The molecule has 1 heterocycles. The third-order valence-corrected chi connectivity index (χ3v) is 3.91. The minimum absolute atomic E-state index is 0.0579. The van der Waals surface area contributed by atoms with Gasteiger partial charge in [-0.3, -0.25) is 4.72 Å². The molecule has 1 aromatic heterocycles. The number of anilines is 1. The molecule has 0 aliphatic rings. The predicted octanol–water partition coefficient (Wildman–Crippen LogP) is 0.102. The van der Waals surface area contributed by atoms with Gasteiger partial charge >= 0.3 is 0 Å². The third-order valence-electron chi connectivity index (χ3n) is 2.54. The number of aromatic nitrogens is 1. The minimum Gasteiger partial charge on any atom is -0.370 e. The number of nitrogens with one attached hydrogen (secondary N) is 1. The predicted molar refractivity (Wildman–Crippen MR) is 88.6 cm³/mol. The summed E-state index contributed by atoms with van der Waals surface area (Å²) in [5.41, 5.74) is 16.3. The first-order valence-electron chi connectivity index (χ1n) is 6.34. The van der Waals surface area contributed by atoms with Gasteiger partial charge < -0.3 is 17.2 Å². The second kappa shape index (κ2) is 6.75. The Balaban J connectivity index is 2.20. The molecule has 10 heteroatoms. The van der Waals surface area contributed by atoms with Crippen LogP contribution in [0.3, 0.4) is 0 Å². The van der Waals surface area contributed by atoms with Gasteiger partial charge in [0.2, 0.25) is 5.96 Å². The Morgan fingerprint density at radius 3 is 2.30 bits per heavy atom. The van der Waals surface area contributed by atoms with Crippen molar-refractivity contribution in [3.05, 3.63) is 48.7 Å². The van der Waals surface area contributed by atoms with E-state index in [0.717, 1.165) is 0 Å². The molecule has 0 saturated carbocycles. The van der Waals surface area contributed by atoms with Crippen molar-refractivity contribution in [1.29, 1.82) is 0 Å². The number of sulfonamides is 1. The van der Waals surface area contributed by atoms with Gasteiger partial charge in [-0.2, -0.15) is 4.99 Å². The van der Waals surface area contributed by atoms with E-state index in [1.807, 2.05) is 0 Å². The van der Waals surface area contributed by atoms with Crippen LogP contribution in [0.5, 0.6) is 0 Å². The highest BCUT2D eigenvalue weighted by Crippen LogP contribution is 2.18. The van der Waals surface area contributed by atoms with E-state index in [9.17, 15) is 8.42 Å². The first-order valence-corrected chi connectivity index (χ1v) is 7.83. The van der Waals surface area contributed by atoms with Crippen LogP contribution in [0.25, 0.3) is 0 Å². The Morgan fingerprint density at radius 1 is 1.04 bits per heavy atom. The van der Waals surface area contributed by atoms with Crippen molar-refractivity contribution in [2.45, 2.75) is 4.90 Å². The zero-order chi connectivity index (χ0) is 16.9. The molecule has 0 bridgehead atoms. The van der Waals surface area contributed by atoms with Gasteiger partial charge in [-0.05, 0) is 36.4 Å². The van der Waals surface area contributed by atoms with Crippen LogP contribution in [-0.2, 0) is 10.0 Å². The van der Waals surface area contributed by atoms with Gasteiger partial charge in [-0.1, -0.05) is 6.07 Å². The number of benzene rings is 1. The molecule has 0 amide bonds. The van der Waals surface area contributed by atoms with Crippen LogP contribution in [0.1, 0.15) is 0 Å². The second-order valence-electron chi connectivity index (χ2n) is 4.32. The molecule has 0 aliphatic heterocycles. The Bertz CT molecular complexity index is 826. The summed E-state index contributed by atoms with van der Waals surface area (Å²) >= 11 is 0. The Kier molecular flexibility index (Phi) is 4.76. The number of guanidine groups is 2. The van der Waals surface area contributed by atoms with Gasteiger partial charge in [0.25, 0.3) is 10.0 Å². The first-order chi connectivity index (χ1) is 10.9. The molecule has 0 saturated heterocycles. The van der Waals surface area contributed by atoms with Crippen molar-refractivity contribution in [2.75, 3.05) is 4.72 Å². The molecule has 120 valence electrons.